The number of aliphatic carboxylic acids is 1. The zero-order valence-corrected chi connectivity index (χ0v) is 11.4. The molecule has 1 atom stereocenters. The lowest BCUT2D eigenvalue weighted by molar-refractivity contribution is -0.140. The minimum atomic E-state index is -0.914. The second-order valence-corrected chi connectivity index (χ2v) is 4.04. The Morgan fingerprint density at radius 2 is 1.89 bits per heavy atom. The summed E-state index contributed by atoms with van der Waals surface area (Å²) >= 11 is 0. The Bertz CT molecular complexity index is 395. The summed E-state index contributed by atoms with van der Waals surface area (Å²) in [6.45, 7) is 5.13. The Morgan fingerprint density at radius 3 is 2.42 bits per heavy atom. The highest BCUT2D eigenvalue weighted by molar-refractivity contribution is 5.73. The molecule has 0 aliphatic heterocycles. The van der Waals surface area contributed by atoms with Gasteiger partial charge in [-0.1, -0.05) is 19.1 Å². The Hall–Kier alpha value is -1.75. The summed E-state index contributed by atoms with van der Waals surface area (Å²) in [4.78, 5) is 11.1. The van der Waals surface area contributed by atoms with Crippen molar-refractivity contribution in [3.8, 4) is 11.5 Å². The van der Waals surface area contributed by atoms with E-state index in [1.165, 1.54) is 0 Å². The highest BCUT2D eigenvalue weighted by Gasteiger charge is 2.17. The van der Waals surface area contributed by atoms with E-state index in [2.05, 4.69) is 5.32 Å². The molecule has 0 radical (unpaired) electrons. The fourth-order valence-electron chi connectivity index (χ4n) is 1.55. The van der Waals surface area contributed by atoms with Crippen molar-refractivity contribution in [1.29, 1.82) is 0 Å². The second kappa shape index (κ2) is 8.37. The SMILES string of the molecule is CCCNC(COc1ccccc1OCC)C(=O)O. The van der Waals surface area contributed by atoms with Crippen molar-refractivity contribution < 1.29 is 19.4 Å². The summed E-state index contributed by atoms with van der Waals surface area (Å²) in [5.41, 5.74) is 0. The van der Waals surface area contributed by atoms with Gasteiger partial charge in [0.25, 0.3) is 0 Å². The van der Waals surface area contributed by atoms with Gasteiger partial charge < -0.3 is 19.9 Å². The molecule has 1 aromatic carbocycles. The molecule has 0 heterocycles. The number of rotatable bonds is 9. The fourth-order valence-corrected chi connectivity index (χ4v) is 1.55. The van der Waals surface area contributed by atoms with Gasteiger partial charge in [0.05, 0.1) is 6.61 Å². The lowest BCUT2D eigenvalue weighted by atomic mass is 10.3. The topological polar surface area (TPSA) is 67.8 Å². The van der Waals surface area contributed by atoms with Crippen LogP contribution in [-0.2, 0) is 4.79 Å². The van der Waals surface area contributed by atoms with Crippen molar-refractivity contribution in [1.82, 2.24) is 5.32 Å². The Balaban J connectivity index is 2.60. The molecule has 5 heteroatoms. The first-order chi connectivity index (χ1) is 9.19. The number of hydrogen-bond donors (Lipinski definition) is 2. The summed E-state index contributed by atoms with van der Waals surface area (Å²) in [6.07, 6.45) is 0.874. The van der Waals surface area contributed by atoms with Crippen LogP contribution >= 0.6 is 0 Å². The van der Waals surface area contributed by atoms with Gasteiger partial charge in [-0.3, -0.25) is 4.79 Å². The van der Waals surface area contributed by atoms with E-state index in [4.69, 9.17) is 14.6 Å². The third kappa shape index (κ3) is 5.18. The predicted molar refractivity (Wildman–Crippen MR) is 72.8 cm³/mol. The van der Waals surface area contributed by atoms with Gasteiger partial charge in [-0.15, -0.1) is 0 Å². The van der Waals surface area contributed by atoms with Crippen LogP contribution in [-0.4, -0.2) is 36.9 Å². The van der Waals surface area contributed by atoms with Gasteiger partial charge in [0.1, 0.15) is 12.6 Å². The van der Waals surface area contributed by atoms with Crippen LogP contribution in [0.15, 0.2) is 24.3 Å². The molecular formula is C14H21NO4. The summed E-state index contributed by atoms with van der Waals surface area (Å²) in [5, 5.41) is 12.0. The van der Waals surface area contributed by atoms with Crippen molar-refractivity contribution >= 4 is 5.97 Å². The Labute approximate surface area is 113 Å². The number of nitrogens with one attached hydrogen (secondary N) is 1. The van der Waals surface area contributed by atoms with E-state index in [9.17, 15) is 4.79 Å². The molecule has 0 aliphatic carbocycles. The molecule has 0 aromatic heterocycles. The highest BCUT2D eigenvalue weighted by atomic mass is 16.5. The number of hydrogen-bond acceptors (Lipinski definition) is 4. The van der Waals surface area contributed by atoms with Crippen molar-refractivity contribution in [2.45, 2.75) is 26.3 Å². The first kappa shape index (κ1) is 15.3. The average molecular weight is 267 g/mol. The second-order valence-electron chi connectivity index (χ2n) is 4.04. The maximum atomic E-state index is 11.1. The normalized spacial score (nSPS) is 11.9. The van der Waals surface area contributed by atoms with Crippen LogP contribution < -0.4 is 14.8 Å². The van der Waals surface area contributed by atoms with Gasteiger partial charge in [-0.05, 0) is 32.0 Å². The number of carbonyl (C=O) groups is 1. The van der Waals surface area contributed by atoms with Crippen molar-refractivity contribution in [2.75, 3.05) is 19.8 Å². The molecule has 0 fully saturated rings. The summed E-state index contributed by atoms with van der Waals surface area (Å²) in [6, 6.07) is 6.53. The van der Waals surface area contributed by atoms with E-state index in [1.807, 2.05) is 26.0 Å². The van der Waals surface area contributed by atoms with E-state index >= 15 is 0 Å². The van der Waals surface area contributed by atoms with Gasteiger partial charge in [-0.25, -0.2) is 0 Å². The number of para-hydroxylation sites is 2. The standard InChI is InChI=1S/C14H21NO4/c1-3-9-15-11(14(16)17)10-19-13-8-6-5-7-12(13)18-4-2/h5-8,11,15H,3-4,9-10H2,1-2H3,(H,16,17). The molecule has 0 bridgehead atoms. The maximum Gasteiger partial charge on any atom is 0.324 e. The third-order valence-corrected chi connectivity index (χ3v) is 2.49. The highest BCUT2D eigenvalue weighted by Crippen LogP contribution is 2.26. The maximum absolute atomic E-state index is 11.1. The summed E-state index contributed by atoms with van der Waals surface area (Å²) < 4.78 is 11.0. The molecule has 1 aromatic rings. The molecule has 0 saturated heterocycles. The summed E-state index contributed by atoms with van der Waals surface area (Å²) in [7, 11) is 0. The molecule has 0 saturated carbocycles. The van der Waals surface area contributed by atoms with Crippen LogP contribution in [0.5, 0.6) is 11.5 Å². The molecule has 1 rings (SSSR count). The van der Waals surface area contributed by atoms with Gasteiger partial charge in [0.15, 0.2) is 11.5 Å². The number of ether oxygens (including phenoxy) is 2. The molecular weight excluding hydrogens is 246 g/mol. The molecule has 1 unspecified atom stereocenters. The molecule has 0 aliphatic rings. The van der Waals surface area contributed by atoms with E-state index < -0.39 is 12.0 Å². The number of carboxylic acid groups (broad SMARTS) is 1. The van der Waals surface area contributed by atoms with Gasteiger partial charge >= 0.3 is 5.97 Å². The third-order valence-electron chi connectivity index (χ3n) is 2.49. The van der Waals surface area contributed by atoms with E-state index in [-0.39, 0.29) is 6.61 Å². The Morgan fingerprint density at radius 1 is 1.26 bits per heavy atom. The lowest BCUT2D eigenvalue weighted by Gasteiger charge is -2.16. The molecule has 19 heavy (non-hydrogen) atoms. The van der Waals surface area contributed by atoms with Crippen LogP contribution in [0.2, 0.25) is 0 Å². The molecule has 5 nitrogen and oxygen atoms in total. The minimum absolute atomic E-state index is 0.0689. The average Bonchev–Trinajstić information content (AvgIpc) is 2.40. The van der Waals surface area contributed by atoms with Crippen LogP contribution in [0.4, 0.5) is 0 Å². The molecule has 0 amide bonds. The smallest absolute Gasteiger partial charge is 0.324 e. The minimum Gasteiger partial charge on any atom is -0.490 e. The van der Waals surface area contributed by atoms with Crippen LogP contribution in [0.1, 0.15) is 20.3 Å². The zero-order chi connectivity index (χ0) is 14.1. The molecule has 2 N–H and O–H groups in total. The first-order valence-corrected chi connectivity index (χ1v) is 6.49. The number of carboxylic acids is 1. The van der Waals surface area contributed by atoms with Crippen LogP contribution in [0.3, 0.4) is 0 Å². The summed E-state index contributed by atoms with van der Waals surface area (Å²) in [5.74, 6) is 0.279. The van der Waals surface area contributed by atoms with E-state index in [0.717, 1.165) is 6.42 Å². The van der Waals surface area contributed by atoms with Gasteiger partial charge in [0, 0.05) is 0 Å². The van der Waals surface area contributed by atoms with Crippen LogP contribution in [0.25, 0.3) is 0 Å². The van der Waals surface area contributed by atoms with Gasteiger partial charge in [-0.2, -0.15) is 0 Å². The van der Waals surface area contributed by atoms with E-state index in [0.29, 0.717) is 24.7 Å². The molecule has 0 spiro atoms. The lowest BCUT2D eigenvalue weighted by Crippen LogP contribution is -2.41. The van der Waals surface area contributed by atoms with Gasteiger partial charge in [0.2, 0.25) is 0 Å². The monoisotopic (exact) mass is 267 g/mol. The van der Waals surface area contributed by atoms with Crippen molar-refractivity contribution in [3.05, 3.63) is 24.3 Å². The fraction of sp³-hybridized carbons (Fsp3) is 0.500. The van der Waals surface area contributed by atoms with Crippen LogP contribution in [0, 0.1) is 0 Å². The largest absolute Gasteiger partial charge is 0.490 e. The molecule has 106 valence electrons. The van der Waals surface area contributed by atoms with Crippen molar-refractivity contribution in [3.63, 3.8) is 0 Å². The zero-order valence-electron chi connectivity index (χ0n) is 11.4. The van der Waals surface area contributed by atoms with Crippen molar-refractivity contribution in [2.24, 2.45) is 0 Å². The first-order valence-electron chi connectivity index (χ1n) is 6.49. The quantitative estimate of drug-likeness (QED) is 0.715. The predicted octanol–water partition coefficient (Wildman–Crippen LogP) is 1.92. The Kier molecular flexibility index (Phi) is 6.74. The van der Waals surface area contributed by atoms with E-state index in [1.54, 1.807) is 12.1 Å². The number of benzene rings is 1.